The van der Waals surface area contributed by atoms with Crippen molar-refractivity contribution in [3.63, 3.8) is 0 Å². The monoisotopic (exact) mass is 284 g/mol. The van der Waals surface area contributed by atoms with Gasteiger partial charge in [-0.2, -0.15) is 0 Å². The van der Waals surface area contributed by atoms with E-state index in [4.69, 9.17) is 9.47 Å². The number of rotatable bonds is 6. The summed E-state index contributed by atoms with van der Waals surface area (Å²) >= 11 is 0. The Morgan fingerprint density at radius 2 is 1.76 bits per heavy atom. The minimum absolute atomic E-state index is 0.379. The summed E-state index contributed by atoms with van der Waals surface area (Å²) in [6.07, 6.45) is 1.26. The number of hydrogen-bond acceptors (Lipinski definition) is 3. The largest absolute Gasteiger partial charge is 0.493 e. The molecule has 2 rings (SSSR count). The summed E-state index contributed by atoms with van der Waals surface area (Å²) in [5, 5.41) is 0. The van der Waals surface area contributed by atoms with Crippen molar-refractivity contribution in [2.24, 2.45) is 0 Å². The van der Waals surface area contributed by atoms with Crippen LogP contribution in [0.25, 0.3) is 0 Å². The molecule has 3 heteroatoms. The highest BCUT2D eigenvalue weighted by molar-refractivity contribution is 5.57. The molecule has 0 aromatic heterocycles. The Hall–Kier alpha value is -2.29. The summed E-state index contributed by atoms with van der Waals surface area (Å²) in [6.45, 7) is 4.64. The quantitative estimate of drug-likeness (QED) is 0.760. The number of carbonyl (C=O) groups is 1. The summed E-state index contributed by atoms with van der Waals surface area (Å²) in [7, 11) is 1.61. The number of carbonyl (C=O) groups excluding carboxylic acids is 1. The molecule has 0 spiro atoms. The number of hydrogen-bond donors (Lipinski definition) is 0. The lowest BCUT2D eigenvalue weighted by atomic mass is 10.0. The van der Waals surface area contributed by atoms with E-state index in [1.54, 1.807) is 7.11 Å². The van der Waals surface area contributed by atoms with Gasteiger partial charge in [-0.25, -0.2) is 0 Å². The average molecular weight is 284 g/mol. The zero-order valence-electron chi connectivity index (χ0n) is 12.7. The van der Waals surface area contributed by atoms with Crippen molar-refractivity contribution in [3.05, 3.63) is 58.7 Å². The van der Waals surface area contributed by atoms with E-state index in [2.05, 4.69) is 26.0 Å². The number of benzene rings is 2. The molecule has 0 radical (unpaired) electrons. The fraction of sp³-hybridized carbons (Fsp3) is 0.278. The molecule has 0 saturated carbocycles. The van der Waals surface area contributed by atoms with Gasteiger partial charge in [-0.3, -0.25) is 0 Å². The van der Waals surface area contributed by atoms with Crippen LogP contribution in [0.4, 0.5) is 0 Å². The van der Waals surface area contributed by atoms with Crippen LogP contribution in [0.1, 0.15) is 22.3 Å². The van der Waals surface area contributed by atoms with Gasteiger partial charge < -0.3 is 14.3 Å². The predicted molar refractivity (Wildman–Crippen MR) is 83.0 cm³/mol. The molecule has 110 valence electrons. The molecule has 0 aliphatic carbocycles. The molecular formula is C18H20O3. The molecule has 0 aliphatic rings. The maximum Gasteiger partial charge on any atom is 0.161 e. The van der Waals surface area contributed by atoms with E-state index in [1.807, 2.05) is 24.3 Å². The molecule has 0 bridgehead atoms. The summed E-state index contributed by atoms with van der Waals surface area (Å²) in [6, 6.07) is 11.8. The van der Waals surface area contributed by atoms with Gasteiger partial charge in [-0.1, -0.05) is 24.3 Å². The first-order valence-corrected chi connectivity index (χ1v) is 6.94. The van der Waals surface area contributed by atoms with Gasteiger partial charge in [0.05, 0.1) is 7.11 Å². The van der Waals surface area contributed by atoms with E-state index in [9.17, 15) is 4.79 Å². The smallest absolute Gasteiger partial charge is 0.161 e. The predicted octanol–water partition coefficient (Wildman–Crippen LogP) is 3.63. The lowest BCUT2D eigenvalue weighted by Gasteiger charge is -2.14. The highest BCUT2D eigenvalue weighted by Gasteiger charge is 2.08. The third-order valence-electron chi connectivity index (χ3n) is 3.56. The standard InChI is InChI=1S/C18H20O3/c1-13-5-4-6-14(2)16(13)12-21-18-11-15(9-10-19)7-8-17(18)20-3/h4-8,10-11H,9,12H2,1-3H3. The normalized spacial score (nSPS) is 10.2. The van der Waals surface area contributed by atoms with E-state index in [0.29, 0.717) is 24.5 Å². The summed E-state index contributed by atoms with van der Waals surface area (Å²) in [5.41, 5.74) is 4.51. The van der Waals surface area contributed by atoms with Gasteiger partial charge in [0.1, 0.15) is 12.9 Å². The van der Waals surface area contributed by atoms with Crippen LogP contribution in [0.5, 0.6) is 11.5 Å². The second kappa shape index (κ2) is 6.93. The first-order chi connectivity index (χ1) is 10.2. The van der Waals surface area contributed by atoms with Crippen LogP contribution in [0.2, 0.25) is 0 Å². The second-order valence-electron chi connectivity index (χ2n) is 5.02. The second-order valence-corrected chi connectivity index (χ2v) is 5.02. The molecule has 0 fully saturated rings. The molecule has 2 aromatic carbocycles. The molecule has 0 unspecified atom stereocenters. The SMILES string of the molecule is COc1ccc(CC=O)cc1OCc1c(C)cccc1C. The molecule has 0 aliphatic heterocycles. The zero-order valence-corrected chi connectivity index (χ0v) is 12.7. The topological polar surface area (TPSA) is 35.5 Å². The molecule has 21 heavy (non-hydrogen) atoms. The van der Waals surface area contributed by atoms with Crippen LogP contribution in [-0.4, -0.2) is 13.4 Å². The van der Waals surface area contributed by atoms with Crippen molar-refractivity contribution >= 4 is 6.29 Å². The Balaban J connectivity index is 2.22. The van der Waals surface area contributed by atoms with Crippen LogP contribution >= 0.6 is 0 Å². The molecule has 0 heterocycles. The Kier molecular flexibility index (Phi) is 4.99. The Morgan fingerprint density at radius 1 is 1.05 bits per heavy atom. The minimum Gasteiger partial charge on any atom is -0.493 e. The van der Waals surface area contributed by atoms with Crippen molar-refractivity contribution in [3.8, 4) is 11.5 Å². The van der Waals surface area contributed by atoms with Gasteiger partial charge in [0.25, 0.3) is 0 Å². The van der Waals surface area contributed by atoms with Crippen LogP contribution < -0.4 is 9.47 Å². The first kappa shape index (κ1) is 15.1. The third kappa shape index (κ3) is 3.63. The van der Waals surface area contributed by atoms with E-state index < -0.39 is 0 Å². The van der Waals surface area contributed by atoms with Crippen molar-refractivity contribution in [2.75, 3.05) is 7.11 Å². The van der Waals surface area contributed by atoms with Crippen LogP contribution in [0, 0.1) is 13.8 Å². The average Bonchev–Trinajstić information content (AvgIpc) is 2.47. The Labute approximate surface area is 125 Å². The zero-order chi connectivity index (χ0) is 15.2. The Morgan fingerprint density at radius 3 is 2.38 bits per heavy atom. The molecule has 0 amide bonds. The third-order valence-corrected chi connectivity index (χ3v) is 3.56. The fourth-order valence-corrected chi connectivity index (χ4v) is 2.28. The van der Waals surface area contributed by atoms with Gasteiger partial charge >= 0.3 is 0 Å². The van der Waals surface area contributed by atoms with E-state index >= 15 is 0 Å². The van der Waals surface area contributed by atoms with Crippen molar-refractivity contribution < 1.29 is 14.3 Å². The fourth-order valence-electron chi connectivity index (χ4n) is 2.28. The number of aryl methyl sites for hydroxylation is 2. The first-order valence-electron chi connectivity index (χ1n) is 6.94. The lowest BCUT2D eigenvalue weighted by Crippen LogP contribution is -2.02. The van der Waals surface area contributed by atoms with Crippen molar-refractivity contribution in [1.29, 1.82) is 0 Å². The van der Waals surface area contributed by atoms with Gasteiger partial charge in [0.15, 0.2) is 11.5 Å². The summed E-state index contributed by atoms with van der Waals surface area (Å²) in [5.74, 6) is 1.34. The molecular weight excluding hydrogens is 264 g/mol. The van der Waals surface area contributed by atoms with E-state index in [0.717, 1.165) is 11.8 Å². The highest BCUT2D eigenvalue weighted by Crippen LogP contribution is 2.29. The van der Waals surface area contributed by atoms with E-state index in [1.165, 1.54) is 16.7 Å². The lowest BCUT2D eigenvalue weighted by molar-refractivity contribution is -0.107. The highest BCUT2D eigenvalue weighted by atomic mass is 16.5. The maximum atomic E-state index is 10.6. The van der Waals surface area contributed by atoms with Crippen LogP contribution in [0.15, 0.2) is 36.4 Å². The van der Waals surface area contributed by atoms with Gasteiger partial charge in [-0.05, 0) is 48.2 Å². The van der Waals surface area contributed by atoms with Crippen LogP contribution in [-0.2, 0) is 17.8 Å². The molecule has 0 atom stereocenters. The minimum atomic E-state index is 0.379. The van der Waals surface area contributed by atoms with Gasteiger partial charge in [0, 0.05) is 6.42 Å². The van der Waals surface area contributed by atoms with Crippen molar-refractivity contribution in [2.45, 2.75) is 26.9 Å². The van der Waals surface area contributed by atoms with Crippen LogP contribution in [0.3, 0.4) is 0 Å². The number of aldehydes is 1. The molecule has 3 nitrogen and oxygen atoms in total. The molecule has 0 N–H and O–H groups in total. The molecule has 2 aromatic rings. The van der Waals surface area contributed by atoms with E-state index in [-0.39, 0.29) is 0 Å². The van der Waals surface area contributed by atoms with Crippen molar-refractivity contribution in [1.82, 2.24) is 0 Å². The summed E-state index contributed by atoms with van der Waals surface area (Å²) < 4.78 is 11.2. The number of methoxy groups -OCH3 is 1. The summed E-state index contributed by atoms with van der Waals surface area (Å²) in [4.78, 5) is 10.6. The number of ether oxygens (including phenoxy) is 2. The van der Waals surface area contributed by atoms with Gasteiger partial charge in [0.2, 0.25) is 0 Å². The Bertz CT molecular complexity index is 612. The molecule has 0 saturated heterocycles. The maximum absolute atomic E-state index is 10.6. The van der Waals surface area contributed by atoms with Gasteiger partial charge in [-0.15, -0.1) is 0 Å².